The molecule has 0 aliphatic carbocycles. The number of halogens is 1. The van der Waals surface area contributed by atoms with E-state index in [1.807, 2.05) is 24.3 Å². The molecule has 0 aliphatic rings. The monoisotopic (exact) mass is 628 g/mol. The Morgan fingerprint density at radius 1 is 1.17 bits per heavy atom. The number of carbonyl (C=O) groups excluding carboxylic acids is 3. The molecule has 1 amide bonds. The van der Waals surface area contributed by atoms with Gasteiger partial charge in [-0.1, -0.05) is 24.3 Å². The highest BCUT2D eigenvalue weighted by Crippen LogP contribution is 2.30. The zero-order valence-corrected chi connectivity index (χ0v) is 26.1. The molecule has 1 aromatic carbocycles. The van der Waals surface area contributed by atoms with Crippen molar-refractivity contribution in [3.8, 4) is 0 Å². The minimum atomic E-state index is -1.04. The Bertz CT molecular complexity index is 1480. The first-order valence-corrected chi connectivity index (χ1v) is 14.0. The molecule has 220 valence electrons. The Morgan fingerprint density at radius 2 is 1.85 bits per heavy atom. The summed E-state index contributed by atoms with van der Waals surface area (Å²) in [5.41, 5.74) is 1.11. The number of carbonyl (C=O) groups is 3. The summed E-state index contributed by atoms with van der Waals surface area (Å²) in [6, 6.07) is 7.35. The maximum absolute atomic E-state index is 13.6. The molecule has 0 fully saturated rings. The second-order valence-corrected chi connectivity index (χ2v) is 11.6. The number of aromatic nitrogens is 3. The molecule has 3 aromatic rings. The van der Waals surface area contributed by atoms with E-state index in [1.165, 1.54) is 16.8 Å². The molecule has 0 aliphatic heterocycles. The van der Waals surface area contributed by atoms with Gasteiger partial charge < -0.3 is 14.5 Å². The fourth-order valence-electron chi connectivity index (χ4n) is 4.27. The van der Waals surface area contributed by atoms with Gasteiger partial charge in [-0.05, 0) is 82.1 Å². The van der Waals surface area contributed by atoms with E-state index in [9.17, 15) is 14.4 Å². The van der Waals surface area contributed by atoms with E-state index in [0.717, 1.165) is 10.4 Å². The summed E-state index contributed by atoms with van der Waals surface area (Å²) in [5, 5.41) is 1.86. The molecule has 2 heterocycles. The molecule has 11 heteroatoms. The average molecular weight is 630 g/mol. The molecule has 0 unspecified atom stereocenters. The summed E-state index contributed by atoms with van der Waals surface area (Å²) < 4.78 is 12.8. The fraction of sp³-hybridized carbons (Fsp3) is 0.400. The molecule has 2 aromatic heterocycles. The summed E-state index contributed by atoms with van der Waals surface area (Å²) in [7, 11) is 0. The zero-order valence-electron chi connectivity index (χ0n) is 24.5. The summed E-state index contributed by atoms with van der Waals surface area (Å²) in [6.45, 7) is 16.4. The third-order valence-corrected chi connectivity index (χ3v) is 6.58. The minimum Gasteiger partial charge on any atom is -0.465 e. The first-order valence-electron chi connectivity index (χ1n) is 13.2. The molecule has 0 bridgehead atoms. The van der Waals surface area contributed by atoms with E-state index >= 15 is 0 Å². The molecule has 0 saturated carbocycles. The van der Waals surface area contributed by atoms with Gasteiger partial charge in [0.2, 0.25) is 0 Å². The van der Waals surface area contributed by atoms with Crippen LogP contribution in [0.15, 0.2) is 47.9 Å². The van der Waals surface area contributed by atoms with Gasteiger partial charge >= 0.3 is 12.1 Å². The van der Waals surface area contributed by atoms with E-state index in [2.05, 4.69) is 32.5 Å². The minimum absolute atomic E-state index is 0.0605. The van der Waals surface area contributed by atoms with Crippen molar-refractivity contribution in [1.29, 1.82) is 0 Å². The number of ether oxygens (including phenoxy) is 2. The number of hydrogen-bond acceptors (Lipinski definition) is 7. The van der Waals surface area contributed by atoms with Crippen LogP contribution in [-0.4, -0.2) is 56.4 Å². The van der Waals surface area contributed by atoms with Crippen molar-refractivity contribution in [2.24, 2.45) is 0 Å². The number of para-hydroxylation sites is 1. The first-order chi connectivity index (χ1) is 19.2. The Morgan fingerprint density at radius 3 is 2.49 bits per heavy atom. The highest BCUT2D eigenvalue weighted by molar-refractivity contribution is 9.10. The van der Waals surface area contributed by atoms with E-state index < -0.39 is 23.1 Å². The van der Waals surface area contributed by atoms with Crippen LogP contribution in [0.3, 0.4) is 0 Å². The number of hydrogen-bond donors (Lipinski definition) is 1. The van der Waals surface area contributed by atoms with Gasteiger partial charge in [-0.15, -0.1) is 6.58 Å². The summed E-state index contributed by atoms with van der Waals surface area (Å²) in [4.78, 5) is 52.5. The molecule has 0 saturated heterocycles. The van der Waals surface area contributed by atoms with Crippen LogP contribution in [0.5, 0.6) is 0 Å². The quantitative estimate of drug-likeness (QED) is 0.161. The van der Waals surface area contributed by atoms with Gasteiger partial charge in [0, 0.05) is 17.3 Å². The van der Waals surface area contributed by atoms with Crippen LogP contribution in [0.1, 0.15) is 64.2 Å². The van der Waals surface area contributed by atoms with Crippen molar-refractivity contribution in [3.05, 3.63) is 70.5 Å². The first kappa shape index (κ1) is 31.8. The van der Waals surface area contributed by atoms with E-state index in [4.69, 9.17) is 14.3 Å². The van der Waals surface area contributed by atoms with Crippen LogP contribution in [0.2, 0.25) is 0 Å². The third-order valence-electron chi connectivity index (χ3n) is 6.21. The van der Waals surface area contributed by atoms with Crippen LogP contribution in [0, 0.1) is 6.92 Å². The maximum Gasteiger partial charge on any atom is 0.419 e. The predicted molar refractivity (Wildman–Crippen MR) is 160 cm³/mol. The standard InChI is InChI=1S/C30H37BrN4O6/c1-9-17-40-34(16-15-22-25(33-27(31)32-22)30(7,8)26(37)39-10-2)24(36)18-21-19(3)35(28(38)41-29(4,5)6)23-14-12-11-13-20(21)23/h9,11-16H,1,10,17-18H2,2-8H3,(H,32,33)/b16-15+. The SMILES string of the molecule is C=CCON(/C=C/c1nc(Br)[nH]c1C(C)(C)C(=O)OCC)C(=O)Cc1c(C)n(C(=O)OC(C)(C)C)c2ccccc12. The number of aromatic amines is 1. The van der Waals surface area contributed by atoms with Gasteiger partial charge in [-0.3, -0.25) is 14.4 Å². The molecule has 41 heavy (non-hydrogen) atoms. The second-order valence-electron chi connectivity index (χ2n) is 10.8. The van der Waals surface area contributed by atoms with Gasteiger partial charge in [0.05, 0.1) is 36.5 Å². The van der Waals surface area contributed by atoms with E-state index in [1.54, 1.807) is 54.5 Å². The topological polar surface area (TPSA) is 116 Å². The largest absolute Gasteiger partial charge is 0.465 e. The maximum atomic E-state index is 13.6. The van der Waals surface area contributed by atoms with Gasteiger partial charge in [0.25, 0.3) is 5.91 Å². The zero-order chi connectivity index (χ0) is 30.5. The molecule has 0 radical (unpaired) electrons. The fourth-order valence-corrected chi connectivity index (χ4v) is 4.66. The number of nitrogens with one attached hydrogen (secondary N) is 1. The Hall–Kier alpha value is -3.70. The van der Waals surface area contributed by atoms with Crippen molar-refractivity contribution in [3.63, 3.8) is 0 Å². The number of benzene rings is 1. The van der Waals surface area contributed by atoms with Crippen LogP contribution < -0.4 is 0 Å². The Kier molecular flexibility index (Phi) is 9.98. The number of imidazole rings is 1. The van der Waals surface area contributed by atoms with Crippen molar-refractivity contribution < 1.29 is 28.7 Å². The number of hydroxylamine groups is 2. The summed E-state index contributed by atoms with van der Waals surface area (Å²) in [5.74, 6) is -0.808. The highest BCUT2D eigenvalue weighted by atomic mass is 79.9. The Labute approximate surface area is 248 Å². The molecule has 1 N–H and O–H groups in total. The normalized spacial score (nSPS) is 12.1. The van der Waals surface area contributed by atoms with E-state index in [0.29, 0.717) is 32.9 Å². The third kappa shape index (κ3) is 7.34. The molecular weight excluding hydrogens is 592 g/mol. The van der Waals surface area contributed by atoms with Crippen molar-refractivity contribution in [2.45, 2.75) is 65.9 Å². The lowest BCUT2D eigenvalue weighted by Gasteiger charge is -2.22. The number of nitrogens with zero attached hydrogens (tertiary/aromatic N) is 3. The predicted octanol–water partition coefficient (Wildman–Crippen LogP) is 6.22. The van der Waals surface area contributed by atoms with Gasteiger partial charge in [0.15, 0.2) is 4.73 Å². The van der Waals surface area contributed by atoms with Crippen LogP contribution in [0.4, 0.5) is 4.79 Å². The second kappa shape index (κ2) is 12.9. The average Bonchev–Trinajstić information content (AvgIpc) is 3.40. The number of rotatable bonds is 10. The molecule has 10 nitrogen and oxygen atoms in total. The van der Waals surface area contributed by atoms with Gasteiger partial charge in [-0.25, -0.2) is 14.3 Å². The van der Waals surface area contributed by atoms with Crippen LogP contribution in [0.25, 0.3) is 17.0 Å². The molecular formula is C30H37BrN4O6. The lowest BCUT2D eigenvalue weighted by molar-refractivity contribution is -0.166. The molecule has 0 atom stereocenters. The summed E-state index contributed by atoms with van der Waals surface area (Å²) >= 11 is 3.33. The molecule has 0 spiro atoms. The van der Waals surface area contributed by atoms with Gasteiger partial charge in [0.1, 0.15) is 11.0 Å². The van der Waals surface area contributed by atoms with Crippen LogP contribution in [-0.2, 0) is 35.7 Å². The lowest BCUT2D eigenvalue weighted by Crippen LogP contribution is -2.32. The van der Waals surface area contributed by atoms with Crippen molar-refractivity contribution >= 4 is 50.9 Å². The lowest BCUT2D eigenvalue weighted by atomic mass is 9.88. The van der Waals surface area contributed by atoms with Crippen molar-refractivity contribution in [1.82, 2.24) is 19.6 Å². The highest BCUT2D eigenvalue weighted by Gasteiger charge is 2.35. The number of fused-ring (bicyclic) bond motifs is 1. The number of H-pyrrole nitrogens is 1. The van der Waals surface area contributed by atoms with Crippen LogP contribution >= 0.6 is 15.9 Å². The Balaban J connectivity index is 1.97. The molecule has 3 rings (SSSR count). The van der Waals surface area contributed by atoms with Gasteiger partial charge in [-0.2, -0.15) is 5.06 Å². The van der Waals surface area contributed by atoms with Crippen molar-refractivity contribution in [2.75, 3.05) is 13.2 Å². The van der Waals surface area contributed by atoms with E-state index in [-0.39, 0.29) is 25.5 Å². The number of amides is 1. The summed E-state index contributed by atoms with van der Waals surface area (Å²) in [6.07, 6.45) is 3.96. The smallest absolute Gasteiger partial charge is 0.419 e. The number of esters is 1.